The van der Waals surface area contributed by atoms with E-state index in [1.165, 1.54) is 5.56 Å². The number of nitrogens with two attached hydrogens (primary N) is 1. The fraction of sp³-hybridized carbons (Fsp3) is 0.500. The summed E-state index contributed by atoms with van der Waals surface area (Å²) in [5.74, 6) is -0.420. The second-order valence-electron chi connectivity index (χ2n) is 5.47. The van der Waals surface area contributed by atoms with Crippen LogP contribution in [0.15, 0.2) is 30.3 Å². The van der Waals surface area contributed by atoms with E-state index in [0.29, 0.717) is 6.42 Å². The van der Waals surface area contributed by atoms with Crippen molar-refractivity contribution in [2.75, 3.05) is 19.6 Å². The third-order valence-electron chi connectivity index (χ3n) is 3.82. The Balaban J connectivity index is 1.84. The second kappa shape index (κ2) is 7.78. The minimum absolute atomic E-state index is 0.0243. The smallest absolute Gasteiger partial charge is 0.237 e. The molecule has 1 unspecified atom stereocenters. The summed E-state index contributed by atoms with van der Waals surface area (Å²) in [6.07, 6.45) is 3.01. The Morgan fingerprint density at radius 3 is 2.67 bits per heavy atom. The first-order chi connectivity index (χ1) is 10.2. The van der Waals surface area contributed by atoms with Gasteiger partial charge >= 0.3 is 0 Å². The number of aryl methyl sites for hydroxylation is 1. The van der Waals surface area contributed by atoms with Gasteiger partial charge in [0, 0.05) is 19.0 Å². The van der Waals surface area contributed by atoms with Crippen LogP contribution < -0.4 is 11.1 Å². The van der Waals surface area contributed by atoms with Gasteiger partial charge in [-0.3, -0.25) is 9.59 Å². The van der Waals surface area contributed by atoms with Gasteiger partial charge in [-0.15, -0.1) is 0 Å². The van der Waals surface area contributed by atoms with E-state index in [-0.39, 0.29) is 18.5 Å². The second-order valence-corrected chi connectivity index (χ2v) is 5.47. The van der Waals surface area contributed by atoms with Crippen molar-refractivity contribution < 1.29 is 9.59 Å². The highest BCUT2D eigenvalue weighted by molar-refractivity contribution is 5.84. The molecule has 1 aliphatic heterocycles. The minimum atomic E-state index is -0.446. The summed E-state index contributed by atoms with van der Waals surface area (Å²) in [7, 11) is 0. The molecule has 0 radical (unpaired) electrons. The summed E-state index contributed by atoms with van der Waals surface area (Å²) in [6, 6.07) is 10.2. The Hall–Kier alpha value is -1.88. The number of hydrogen-bond acceptors (Lipinski definition) is 3. The largest absolute Gasteiger partial charge is 0.368 e. The van der Waals surface area contributed by atoms with Crippen LogP contribution in [0.5, 0.6) is 0 Å². The number of rotatable bonds is 7. The molecule has 1 fully saturated rings. The van der Waals surface area contributed by atoms with Crippen LogP contribution in [-0.4, -0.2) is 42.4 Å². The Kier molecular flexibility index (Phi) is 5.75. The van der Waals surface area contributed by atoms with E-state index in [9.17, 15) is 9.59 Å². The van der Waals surface area contributed by atoms with E-state index in [1.807, 2.05) is 18.2 Å². The van der Waals surface area contributed by atoms with E-state index >= 15 is 0 Å². The lowest BCUT2D eigenvalue weighted by Gasteiger charge is -2.27. The number of amides is 2. The Labute approximate surface area is 125 Å². The topological polar surface area (TPSA) is 75.4 Å². The monoisotopic (exact) mass is 289 g/mol. The normalized spacial score (nSPS) is 17.6. The van der Waals surface area contributed by atoms with Crippen LogP contribution >= 0.6 is 0 Å². The lowest BCUT2D eigenvalue weighted by molar-refractivity contribution is -0.137. The van der Waals surface area contributed by atoms with Gasteiger partial charge in [0.15, 0.2) is 0 Å². The first kappa shape index (κ1) is 15.5. The average Bonchev–Trinajstić information content (AvgIpc) is 2.99. The maximum atomic E-state index is 12.3. The molecule has 2 rings (SSSR count). The molecule has 0 saturated carbocycles. The highest BCUT2D eigenvalue weighted by atomic mass is 16.2. The summed E-state index contributed by atoms with van der Waals surface area (Å²) >= 11 is 0. The van der Waals surface area contributed by atoms with Crippen LogP contribution in [-0.2, 0) is 16.0 Å². The molecule has 3 N–H and O–H groups in total. The van der Waals surface area contributed by atoms with Gasteiger partial charge in [0.1, 0.15) is 0 Å². The molecule has 21 heavy (non-hydrogen) atoms. The molecule has 1 heterocycles. The summed E-state index contributed by atoms with van der Waals surface area (Å²) in [5, 5.41) is 3.22. The fourth-order valence-corrected chi connectivity index (χ4v) is 2.73. The zero-order valence-electron chi connectivity index (χ0n) is 12.3. The van der Waals surface area contributed by atoms with Crippen LogP contribution in [0.1, 0.15) is 24.8 Å². The fourth-order valence-electron chi connectivity index (χ4n) is 2.73. The van der Waals surface area contributed by atoms with Crippen molar-refractivity contribution in [2.45, 2.75) is 31.7 Å². The summed E-state index contributed by atoms with van der Waals surface area (Å²) < 4.78 is 0. The maximum absolute atomic E-state index is 12.3. The molecule has 114 valence electrons. The molecule has 1 aromatic rings. The number of primary amides is 1. The Morgan fingerprint density at radius 1 is 1.29 bits per heavy atom. The van der Waals surface area contributed by atoms with Crippen LogP contribution in [0.25, 0.3) is 0 Å². The predicted molar refractivity (Wildman–Crippen MR) is 81.6 cm³/mol. The number of nitrogens with zero attached hydrogens (tertiary/aromatic N) is 1. The number of nitrogens with one attached hydrogen (secondary N) is 1. The highest BCUT2D eigenvalue weighted by Crippen LogP contribution is 2.12. The van der Waals surface area contributed by atoms with Crippen molar-refractivity contribution in [1.82, 2.24) is 10.2 Å². The van der Waals surface area contributed by atoms with Gasteiger partial charge in [0.05, 0.1) is 6.54 Å². The third-order valence-corrected chi connectivity index (χ3v) is 3.82. The first-order valence-corrected chi connectivity index (χ1v) is 7.49. The standard InChI is InChI=1S/C16H23N3O2/c17-15(20)12-19(14-9-10-18-11-14)16(21)8-4-7-13-5-2-1-3-6-13/h1-3,5-6,14,18H,4,7-12H2,(H2,17,20). The average molecular weight is 289 g/mol. The molecular formula is C16H23N3O2. The van der Waals surface area contributed by atoms with Crippen molar-refractivity contribution in [3.8, 4) is 0 Å². The molecule has 1 atom stereocenters. The van der Waals surface area contributed by atoms with Crippen molar-refractivity contribution in [2.24, 2.45) is 5.73 Å². The van der Waals surface area contributed by atoms with Gasteiger partial charge in [-0.1, -0.05) is 30.3 Å². The molecule has 0 aliphatic carbocycles. The lowest BCUT2D eigenvalue weighted by Crippen LogP contribution is -2.46. The van der Waals surface area contributed by atoms with Crippen molar-refractivity contribution >= 4 is 11.8 Å². The van der Waals surface area contributed by atoms with E-state index < -0.39 is 5.91 Å². The number of carbonyl (C=O) groups excluding carboxylic acids is 2. The molecule has 1 aliphatic rings. The van der Waals surface area contributed by atoms with E-state index in [2.05, 4.69) is 17.4 Å². The van der Waals surface area contributed by atoms with Gasteiger partial charge in [-0.2, -0.15) is 0 Å². The summed E-state index contributed by atoms with van der Waals surface area (Å²) in [5.41, 5.74) is 6.50. The SMILES string of the molecule is NC(=O)CN(C(=O)CCCc1ccccc1)C1CCNC1. The third kappa shape index (κ3) is 4.86. The molecule has 5 heteroatoms. The minimum Gasteiger partial charge on any atom is -0.368 e. The molecule has 1 saturated heterocycles. The number of carbonyl (C=O) groups is 2. The van der Waals surface area contributed by atoms with Crippen molar-refractivity contribution in [1.29, 1.82) is 0 Å². The van der Waals surface area contributed by atoms with Crippen molar-refractivity contribution in [3.05, 3.63) is 35.9 Å². The maximum Gasteiger partial charge on any atom is 0.237 e. The highest BCUT2D eigenvalue weighted by Gasteiger charge is 2.27. The molecule has 0 aromatic heterocycles. The summed E-state index contributed by atoms with van der Waals surface area (Å²) in [6.45, 7) is 1.66. The first-order valence-electron chi connectivity index (χ1n) is 7.49. The van der Waals surface area contributed by atoms with E-state index in [0.717, 1.165) is 32.4 Å². The Morgan fingerprint density at radius 2 is 2.05 bits per heavy atom. The van der Waals surface area contributed by atoms with Gasteiger partial charge in [0.2, 0.25) is 11.8 Å². The zero-order valence-corrected chi connectivity index (χ0v) is 12.3. The number of hydrogen-bond donors (Lipinski definition) is 2. The van der Waals surface area contributed by atoms with Crippen LogP contribution in [0, 0.1) is 0 Å². The molecular weight excluding hydrogens is 266 g/mol. The predicted octanol–water partition coefficient (Wildman–Crippen LogP) is 0.685. The molecule has 5 nitrogen and oxygen atoms in total. The molecule has 0 bridgehead atoms. The van der Waals surface area contributed by atoms with Gasteiger partial charge in [-0.05, 0) is 31.4 Å². The van der Waals surface area contributed by atoms with Crippen molar-refractivity contribution in [3.63, 3.8) is 0 Å². The van der Waals surface area contributed by atoms with E-state index in [4.69, 9.17) is 5.73 Å². The van der Waals surface area contributed by atoms with Crippen LogP contribution in [0.3, 0.4) is 0 Å². The van der Waals surface area contributed by atoms with E-state index in [1.54, 1.807) is 4.90 Å². The molecule has 2 amide bonds. The van der Waals surface area contributed by atoms with Gasteiger partial charge in [-0.25, -0.2) is 0 Å². The van der Waals surface area contributed by atoms with Gasteiger partial charge < -0.3 is 16.0 Å². The zero-order chi connectivity index (χ0) is 15.1. The lowest BCUT2D eigenvalue weighted by atomic mass is 10.1. The molecule has 0 spiro atoms. The molecule has 1 aromatic carbocycles. The quantitative estimate of drug-likeness (QED) is 0.775. The van der Waals surface area contributed by atoms with Crippen LogP contribution in [0.2, 0.25) is 0 Å². The Bertz CT molecular complexity index is 470. The number of benzene rings is 1. The van der Waals surface area contributed by atoms with Gasteiger partial charge in [0.25, 0.3) is 0 Å². The summed E-state index contributed by atoms with van der Waals surface area (Å²) in [4.78, 5) is 25.2. The van der Waals surface area contributed by atoms with Crippen LogP contribution in [0.4, 0.5) is 0 Å².